The van der Waals surface area contributed by atoms with E-state index in [1.807, 2.05) is 17.5 Å². The smallest absolute Gasteiger partial charge is 0.261 e. The standard InChI is InChI=1S/C17H14ClN5O2S2/c1-2-23-15(13-4-3-7-26-13)20-21-17(23)27-9-14-19-16(25-22-14)11-8-10(18)5-6-12(11)24/h3-8,24H,2,9H2,1H3. The van der Waals surface area contributed by atoms with Crippen LogP contribution in [0, 0.1) is 0 Å². The van der Waals surface area contributed by atoms with Gasteiger partial charge in [0.1, 0.15) is 5.75 Å². The van der Waals surface area contributed by atoms with Crippen LogP contribution in [0.2, 0.25) is 5.02 Å². The van der Waals surface area contributed by atoms with Gasteiger partial charge in [0, 0.05) is 11.6 Å². The second kappa shape index (κ2) is 7.71. The Labute approximate surface area is 168 Å². The number of thiophene rings is 1. The van der Waals surface area contributed by atoms with E-state index in [1.54, 1.807) is 23.5 Å². The van der Waals surface area contributed by atoms with Gasteiger partial charge in [0.2, 0.25) is 0 Å². The fourth-order valence-corrected chi connectivity index (χ4v) is 4.23. The van der Waals surface area contributed by atoms with Gasteiger partial charge in [-0.3, -0.25) is 0 Å². The first-order chi connectivity index (χ1) is 13.2. The van der Waals surface area contributed by atoms with Gasteiger partial charge < -0.3 is 14.2 Å². The molecule has 4 rings (SSSR count). The minimum absolute atomic E-state index is 0.0357. The summed E-state index contributed by atoms with van der Waals surface area (Å²) in [4.78, 5) is 5.42. The second-order valence-corrected chi connectivity index (χ2v) is 7.82. The number of benzene rings is 1. The molecule has 0 saturated carbocycles. The molecule has 0 bridgehead atoms. The van der Waals surface area contributed by atoms with E-state index in [0.717, 1.165) is 22.4 Å². The zero-order valence-corrected chi connectivity index (χ0v) is 16.6. The van der Waals surface area contributed by atoms with E-state index in [9.17, 15) is 5.11 Å². The van der Waals surface area contributed by atoms with Gasteiger partial charge in [0.25, 0.3) is 5.89 Å². The Bertz CT molecular complexity index is 1060. The molecule has 0 unspecified atom stereocenters. The topological polar surface area (TPSA) is 89.9 Å². The Morgan fingerprint density at radius 1 is 1.30 bits per heavy atom. The highest BCUT2D eigenvalue weighted by molar-refractivity contribution is 7.98. The quantitative estimate of drug-likeness (QED) is 0.452. The first kappa shape index (κ1) is 18.0. The average Bonchev–Trinajstić information content (AvgIpc) is 3.41. The molecule has 0 fully saturated rings. The lowest BCUT2D eigenvalue weighted by molar-refractivity contribution is 0.419. The van der Waals surface area contributed by atoms with Gasteiger partial charge in [-0.15, -0.1) is 21.5 Å². The Balaban J connectivity index is 1.52. The van der Waals surface area contributed by atoms with Crippen molar-refractivity contribution in [2.24, 2.45) is 0 Å². The van der Waals surface area contributed by atoms with Crippen LogP contribution in [0.1, 0.15) is 12.7 Å². The van der Waals surface area contributed by atoms with Gasteiger partial charge in [0.15, 0.2) is 16.8 Å². The van der Waals surface area contributed by atoms with Crippen molar-refractivity contribution in [1.82, 2.24) is 24.9 Å². The lowest BCUT2D eigenvalue weighted by Crippen LogP contribution is -1.99. The van der Waals surface area contributed by atoms with Gasteiger partial charge in [-0.05, 0) is 36.6 Å². The number of rotatable bonds is 6. The van der Waals surface area contributed by atoms with Crippen LogP contribution >= 0.6 is 34.7 Å². The lowest BCUT2D eigenvalue weighted by atomic mass is 10.2. The monoisotopic (exact) mass is 419 g/mol. The molecular formula is C17H14ClN5O2S2. The third kappa shape index (κ3) is 3.71. The number of hydrogen-bond donors (Lipinski definition) is 1. The third-order valence-electron chi connectivity index (χ3n) is 3.76. The average molecular weight is 420 g/mol. The van der Waals surface area contributed by atoms with Crippen LogP contribution in [0.15, 0.2) is 45.4 Å². The number of aromatic hydroxyl groups is 1. The summed E-state index contributed by atoms with van der Waals surface area (Å²) in [6.45, 7) is 2.81. The van der Waals surface area contributed by atoms with E-state index in [2.05, 4.69) is 31.8 Å². The Morgan fingerprint density at radius 2 is 2.19 bits per heavy atom. The van der Waals surface area contributed by atoms with Crippen LogP contribution < -0.4 is 0 Å². The van der Waals surface area contributed by atoms with Crippen molar-refractivity contribution < 1.29 is 9.63 Å². The Morgan fingerprint density at radius 3 is 2.96 bits per heavy atom. The molecular weight excluding hydrogens is 406 g/mol. The second-order valence-electron chi connectivity index (χ2n) is 5.49. The van der Waals surface area contributed by atoms with Gasteiger partial charge in [-0.25, -0.2) is 0 Å². The molecule has 0 atom stereocenters. The van der Waals surface area contributed by atoms with Crippen LogP contribution in [0.25, 0.3) is 22.2 Å². The first-order valence-electron chi connectivity index (χ1n) is 8.07. The summed E-state index contributed by atoms with van der Waals surface area (Å²) in [5.74, 6) is 2.08. The van der Waals surface area contributed by atoms with Crippen molar-refractivity contribution >= 4 is 34.7 Å². The van der Waals surface area contributed by atoms with E-state index in [1.165, 1.54) is 17.8 Å². The van der Waals surface area contributed by atoms with Crippen molar-refractivity contribution in [1.29, 1.82) is 0 Å². The van der Waals surface area contributed by atoms with E-state index in [0.29, 0.717) is 22.2 Å². The summed E-state index contributed by atoms with van der Waals surface area (Å²) < 4.78 is 7.32. The van der Waals surface area contributed by atoms with Crippen LogP contribution in [0.5, 0.6) is 5.75 Å². The van der Waals surface area contributed by atoms with Crippen molar-refractivity contribution in [2.75, 3.05) is 0 Å². The summed E-state index contributed by atoms with van der Waals surface area (Å²) in [5.41, 5.74) is 0.406. The summed E-state index contributed by atoms with van der Waals surface area (Å²) in [7, 11) is 0. The van der Waals surface area contributed by atoms with E-state index in [4.69, 9.17) is 16.1 Å². The van der Waals surface area contributed by atoms with Crippen LogP contribution in [0.4, 0.5) is 0 Å². The summed E-state index contributed by atoms with van der Waals surface area (Å²) >= 11 is 9.08. The number of aromatic nitrogens is 5. The minimum Gasteiger partial charge on any atom is -0.507 e. The maximum absolute atomic E-state index is 9.95. The van der Waals surface area contributed by atoms with E-state index < -0.39 is 0 Å². The van der Waals surface area contributed by atoms with Crippen molar-refractivity contribution in [2.45, 2.75) is 24.4 Å². The molecule has 0 aliphatic heterocycles. The molecule has 0 saturated heterocycles. The number of phenolic OH excluding ortho intramolecular Hbond substituents is 1. The van der Waals surface area contributed by atoms with Gasteiger partial charge >= 0.3 is 0 Å². The summed E-state index contributed by atoms with van der Waals surface area (Å²) in [5, 5.41) is 25.8. The molecule has 7 nitrogen and oxygen atoms in total. The zero-order chi connectivity index (χ0) is 18.8. The zero-order valence-electron chi connectivity index (χ0n) is 14.2. The molecule has 4 aromatic rings. The SMILES string of the molecule is CCn1c(SCc2noc(-c3cc(Cl)ccc3O)n2)nnc1-c1cccs1. The minimum atomic E-state index is 0.0357. The summed E-state index contributed by atoms with van der Waals surface area (Å²) in [6.07, 6.45) is 0. The highest BCUT2D eigenvalue weighted by atomic mass is 35.5. The number of hydrogen-bond acceptors (Lipinski definition) is 8. The molecule has 0 spiro atoms. The predicted octanol–water partition coefficient (Wildman–Crippen LogP) is 4.73. The highest BCUT2D eigenvalue weighted by Gasteiger charge is 2.17. The van der Waals surface area contributed by atoms with Crippen LogP contribution in [-0.2, 0) is 12.3 Å². The van der Waals surface area contributed by atoms with Crippen LogP contribution in [-0.4, -0.2) is 30.0 Å². The van der Waals surface area contributed by atoms with Gasteiger partial charge in [-0.1, -0.05) is 34.6 Å². The van der Waals surface area contributed by atoms with E-state index >= 15 is 0 Å². The molecule has 1 N–H and O–H groups in total. The number of phenols is 1. The molecule has 0 aliphatic carbocycles. The molecule has 3 aromatic heterocycles. The molecule has 138 valence electrons. The third-order valence-corrected chi connectivity index (χ3v) is 5.83. The fourth-order valence-electron chi connectivity index (χ4n) is 2.50. The molecule has 27 heavy (non-hydrogen) atoms. The lowest BCUT2D eigenvalue weighted by Gasteiger charge is -2.04. The number of nitrogens with zero attached hydrogens (tertiary/aromatic N) is 5. The van der Waals surface area contributed by atoms with Crippen LogP contribution in [0.3, 0.4) is 0 Å². The van der Waals surface area contributed by atoms with Crippen molar-refractivity contribution in [3.05, 3.63) is 46.6 Å². The fraction of sp³-hybridized carbons (Fsp3) is 0.176. The van der Waals surface area contributed by atoms with Crippen molar-refractivity contribution in [3.8, 4) is 27.9 Å². The first-order valence-corrected chi connectivity index (χ1v) is 10.3. The maximum Gasteiger partial charge on any atom is 0.261 e. The number of thioether (sulfide) groups is 1. The normalized spacial score (nSPS) is 11.2. The Kier molecular flexibility index (Phi) is 5.15. The van der Waals surface area contributed by atoms with Gasteiger partial charge in [-0.2, -0.15) is 4.98 Å². The van der Waals surface area contributed by atoms with E-state index in [-0.39, 0.29) is 11.6 Å². The molecule has 3 heterocycles. The highest BCUT2D eigenvalue weighted by Crippen LogP contribution is 2.32. The molecule has 0 radical (unpaired) electrons. The molecule has 10 heteroatoms. The molecule has 1 aromatic carbocycles. The number of halogens is 1. The maximum atomic E-state index is 9.95. The molecule has 0 aliphatic rings. The van der Waals surface area contributed by atoms with Crippen molar-refractivity contribution in [3.63, 3.8) is 0 Å². The predicted molar refractivity (Wildman–Crippen MR) is 105 cm³/mol. The largest absolute Gasteiger partial charge is 0.507 e. The van der Waals surface area contributed by atoms with Gasteiger partial charge in [0.05, 0.1) is 16.2 Å². The Hall–Kier alpha value is -2.36. The molecule has 0 amide bonds. The summed E-state index contributed by atoms with van der Waals surface area (Å²) in [6, 6.07) is 8.69.